The molecule has 0 aliphatic heterocycles. The predicted molar refractivity (Wildman–Crippen MR) is 104 cm³/mol. The van der Waals surface area contributed by atoms with Crippen LogP contribution in [-0.4, -0.2) is 46.5 Å². The maximum Gasteiger partial charge on any atom is 0.326 e. The number of amides is 3. The highest BCUT2D eigenvalue weighted by molar-refractivity contribution is 6.34. The van der Waals surface area contributed by atoms with Crippen molar-refractivity contribution < 1.29 is 29.4 Å². The average molecular weight is 422 g/mol. The third-order valence-corrected chi connectivity index (χ3v) is 4.47. The van der Waals surface area contributed by atoms with Crippen molar-refractivity contribution in [1.82, 2.24) is 10.6 Å². The summed E-state index contributed by atoms with van der Waals surface area (Å²) in [6.45, 7) is 0.306. The van der Waals surface area contributed by atoms with E-state index < -0.39 is 36.2 Å². The summed E-state index contributed by atoms with van der Waals surface area (Å²) in [6.07, 6.45) is 5.01. The molecule has 2 rings (SSSR count). The first-order valence-corrected chi connectivity index (χ1v) is 9.01. The van der Waals surface area contributed by atoms with E-state index in [1.54, 1.807) is 12.2 Å². The first kappa shape index (κ1) is 22.0. The molecule has 9 nitrogen and oxygen atoms in total. The molecule has 2 unspecified atom stereocenters. The van der Waals surface area contributed by atoms with Gasteiger partial charge in [-0.15, -0.1) is 0 Å². The van der Waals surface area contributed by atoms with Gasteiger partial charge in [-0.3, -0.25) is 14.4 Å². The number of aliphatic hydroxyl groups excluding tert-OH is 1. The number of carbonyl (C=O) groups excluding carboxylic acids is 3. The van der Waals surface area contributed by atoms with Crippen molar-refractivity contribution >= 4 is 35.3 Å². The molecule has 0 aromatic heterocycles. The number of hydrogen-bond acceptors (Lipinski definition) is 5. The van der Waals surface area contributed by atoms with E-state index >= 15 is 0 Å². The number of carbonyl (C=O) groups is 4. The number of carboxylic acid groups (broad SMARTS) is 1. The van der Waals surface area contributed by atoms with Gasteiger partial charge >= 0.3 is 5.97 Å². The monoisotopic (exact) mass is 421 g/mol. The summed E-state index contributed by atoms with van der Waals surface area (Å²) in [5.74, 6) is -3.33. The van der Waals surface area contributed by atoms with Crippen LogP contribution in [0.3, 0.4) is 0 Å². The zero-order valence-electron chi connectivity index (χ0n) is 15.2. The highest BCUT2D eigenvalue weighted by Gasteiger charge is 2.24. The lowest BCUT2D eigenvalue weighted by molar-refractivity contribution is -0.140. The van der Waals surface area contributed by atoms with Gasteiger partial charge in [0.15, 0.2) is 0 Å². The van der Waals surface area contributed by atoms with Crippen molar-refractivity contribution in [1.29, 1.82) is 0 Å². The van der Waals surface area contributed by atoms with Gasteiger partial charge in [0, 0.05) is 24.4 Å². The van der Waals surface area contributed by atoms with Gasteiger partial charge in [0.1, 0.15) is 6.04 Å². The molecule has 3 amide bonds. The van der Waals surface area contributed by atoms with E-state index in [9.17, 15) is 24.3 Å². The number of aliphatic carboxylic acids is 1. The van der Waals surface area contributed by atoms with Crippen LogP contribution in [0.4, 0.5) is 0 Å². The molecule has 0 saturated heterocycles. The fraction of sp³-hybridized carbons (Fsp3) is 0.263. The second kappa shape index (κ2) is 9.74. The Morgan fingerprint density at radius 1 is 1.24 bits per heavy atom. The summed E-state index contributed by atoms with van der Waals surface area (Å²) < 4.78 is 0. The van der Waals surface area contributed by atoms with Gasteiger partial charge in [0.2, 0.25) is 5.91 Å². The van der Waals surface area contributed by atoms with Gasteiger partial charge in [0.05, 0.1) is 22.8 Å². The van der Waals surface area contributed by atoms with E-state index in [0.29, 0.717) is 13.0 Å². The highest BCUT2D eigenvalue weighted by atomic mass is 35.5. The predicted octanol–water partition coefficient (Wildman–Crippen LogP) is 1.15. The van der Waals surface area contributed by atoms with Crippen molar-refractivity contribution in [3.63, 3.8) is 0 Å². The molecule has 0 spiro atoms. The number of rotatable bonds is 8. The van der Waals surface area contributed by atoms with Gasteiger partial charge in [-0.25, -0.2) is 4.79 Å². The fourth-order valence-corrected chi connectivity index (χ4v) is 2.94. The van der Waals surface area contributed by atoms with Crippen molar-refractivity contribution in [3.05, 3.63) is 58.3 Å². The molecule has 0 heterocycles. The van der Waals surface area contributed by atoms with E-state index in [2.05, 4.69) is 10.6 Å². The second-order valence-corrected chi connectivity index (χ2v) is 6.85. The van der Waals surface area contributed by atoms with Crippen LogP contribution in [0.5, 0.6) is 0 Å². The first-order chi connectivity index (χ1) is 13.7. The molecule has 1 aliphatic rings. The van der Waals surface area contributed by atoms with E-state index in [-0.39, 0.29) is 27.8 Å². The van der Waals surface area contributed by atoms with Gasteiger partial charge in [-0.1, -0.05) is 23.8 Å². The third-order valence-electron chi connectivity index (χ3n) is 4.15. The van der Waals surface area contributed by atoms with Gasteiger partial charge in [0.25, 0.3) is 11.8 Å². The fourth-order valence-electron chi connectivity index (χ4n) is 2.67. The number of nitrogens with one attached hydrogen (secondary N) is 2. The molecule has 0 saturated carbocycles. The van der Waals surface area contributed by atoms with E-state index in [0.717, 1.165) is 0 Å². The zero-order chi connectivity index (χ0) is 21.6. The number of nitrogens with two attached hydrogens (primary N) is 1. The molecule has 1 aromatic rings. The van der Waals surface area contributed by atoms with Crippen LogP contribution >= 0.6 is 11.6 Å². The van der Waals surface area contributed by atoms with E-state index in [4.69, 9.17) is 22.4 Å². The number of hydrogen-bond donors (Lipinski definition) is 5. The van der Waals surface area contributed by atoms with E-state index in [1.165, 1.54) is 18.2 Å². The standard InChI is InChI=1S/C19H20ClN3O6/c20-14-7-11(17(26)22-9-10-2-1-3-12(24)6-10)4-5-13(14)18(27)23-15(19(28)29)8-16(21)25/h1-5,7,10,15,24H,6,8-9H2,(H2,21,25)(H,22,26)(H,23,27)(H,28,29). The smallest absolute Gasteiger partial charge is 0.326 e. The molecule has 29 heavy (non-hydrogen) atoms. The molecule has 0 bridgehead atoms. The normalized spacial score (nSPS) is 16.4. The summed E-state index contributed by atoms with van der Waals surface area (Å²) in [5.41, 5.74) is 5.13. The first-order valence-electron chi connectivity index (χ1n) is 8.63. The van der Waals surface area contributed by atoms with Crippen LogP contribution in [-0.2, 0) is 9.59 Å². The summed E-state index contributed by atoms with van der Waals surface area (Å²) >= 11 is 6.07. The third kappa shape index (κ3) is 6.35. The lowest BCUT2D eigenvalue weighted by Gasteiger charge is -2.16. The van der Waals surface area contributed by atoms with Crippen LogP contribution in [0, 0.1) is 5.92 Å². The summed E-state index contributed by atoms with van der Waals surface area (Å²) in [6, 6.07) is 2.44. The average Bonchev–Trinajstić information content (AvgIpc) is 2.65. The van der Waals surface area contributed by atoms with Crippen molar-refractivity contribution in [2.75, 3.05) is 6.54 Å². The minimum absolute atomic E-state index is 0.0392. The number of primary amides is 1. The molecule has 10 heteroatoms. The van der Waals surface area contributed by atoms with Crippen LogP contribution in [0.25, 0.3) is 0 Å². The second-order valence-electron chi connectivity index (χ2n) is 6.45. The summed E-state index contributed by atoms with van der Waals surface area (Å²) in [5, 5.41) is 23.4. The zero-order valence-corrected chi connectivity index (χ0v) is 16.0. The quantitative estimate of drug-likeness (QED) is 0.423. The number of benzene rings is 1. The number of allylic oxidation sites excluding steroid dienone is 3. The largest absolute Gasteiger partial charge is 0.512 e. The Balaban J connectivity index is 2.01. The molecular formula is C19H20ClN3O6. The van der Waals surface area contributed by atoms with Crippen molar-refractivity contribution in [2.45, 2.75) is 18.9 Å². The number of halogens is 1. The maximum absolute atomic E-state index is 12.3. The molecule has 2 atom stereocenters. The van der Waals surface area contributed by atoms with Gasteiger partial charge < -0.3 is 26.6 Å². The molecule has 0 fully saturated rings. The van der Waals surface area contributed by atoms with Crippen LogP contribution < -0.4 is 16.4 Å². The lowest BCUT2D eigenvalue weighted by Crippen LogP contribution is -2.43. The Hall–Kier alpha value is -3.33. The van der Waals surface area contributed by atoms with Crippen LogP contribution in [0.15, 0.2) is 42.2 Å². The molecule has 0 radical (unpaired) electrons. The number of aliphatic hydroxyl groups is 1. The summed E-state index contributed by atoms with van der Waals surface area (Å²) in [7, 11) is 0. The SMILES string of the molecule is NC(=O)CC(NC(=O)c1ccc(C(=O)NCC2C=CC=C(O)C2)cc1Cl)C(=O)O. The Morgan fingerprint density at radius 2 is 1.97 bits per heavy atom. The van der Waals surface area contributed by atoms with Crippen molar-refractivity contribution in [3.8, 4) is 0 Å². The molecule has 6 N–H and O–H groups in total. The molecule has 1 aromatic carbocycles. The summed E-state index contributed by atoms with van der Waals surface area (Å²) in [4.78, 5) is 46.6. The Bertz CT molecular complexity index is 896. The Morgan fingerprint density at radius 3 is 2.55 bits per heavy atom. The van der Waals surface area contributed by atoms with Crippen LogP contribution in [0.1, 0.15) is 33.6 Å². The van der Waals surface area contributed by atoms with Crippen LogP contribution in [0.2, 0.25) is 5.02 Å². The number of carboxylic acids is 1. The Labute approximate surface area is 171 Å². The van der Waals surface area contributed by atoms with E-state index in [1.807, 2.05) is 6.08 Å². The molecule has 154 valence electrons. The minimum Gasteiger partial charge on any atom is -0.512 e. The maximum atomic E-state index is 12.3. The van der Waals surface area contributed by atoms with Gasteiger partial charge in [-0.2, -0.15) is 0 Å². The Kier molecular flexibility index (Phi) is 7.38. The minimum atomic E-state index is -1.49. The topological polar surface area (TPSA) is 159 Å². The van der Waals surface area contributed by atoms with Crippen molar-refractivity contribution in [2.24, 2.45) is 11.7 Å². The molecular weight excluding hydrogens is 402 g/mol. The lowest BCUT2D eigenvalue weighted by atomic mass is 9.99. The van der Waals surface area contributed by atoms with Gasteiger partial charge in [-0.05, 0) is 24.3 Å². The molecule has 1 aliphatic carbocycles. The highest BCUT2D eigenvalue weighted by Crippen LogP contribution is 2.19.